The van der Waals surface area contributed by atoms with Gasteiger partial charge in [-0.25, -0.2) is 17.5 Å². The summed E-state index contributed by atoms with van der Waals surface area (Å²) in [5.74, 6) is 0.272. The molecule has 0 unspecified atom stereocenters. The van der Waals surface area contributed by atoms with E-state index in [1.165, 1.54) is 19.2 Å². The molecule has 0 saturated heterocycles. The van der Waals surface area contributed by atoms with Gasteiger partial charge in [0.2, 0.25) is 10.0 Å². The number of rotatable bonds is 7. The maximum Gasteiger partial charge on any atom is 0.215 e. The Hall–Kier alpha value is -1.72. The Kier molecular flexibility index (Phi) is 9.67. The van der Waals surface area contributed by atoms with Gasteiger partial charge < -0.3 is 10.6 Å². The molecule has 0 aliphatic carbocycles. The molecule has 0 radical (unpaired) electrons. The van der Waals surface area contributed by atoms with Gasteiger partial charge in [0.1, 0.15) is 5.82 Å². The first-order valence-corrected chi connectivity index (χ1v) is 9.75. The topological polar surface area (TPSA) is 82.6 Å². The lowest BCUT2D eigenvalue weighted by Gasteiger charge is -2.13. The summed E-state index contributed by atoms with van der Waals surface area (Å²) in [6.45, 7) is 1.01. The smallest absolute Gasteiger partial charge is 0.215 e. The van der Waals surface area contributed by atoms with Crippen molar-refractivity contribution in [3.63, 3.8) is 0 Å². The SMILES string of the molecule is CN=C(NCc1ccc(F)cc1)NCc1cccc(CS(=O)(=O)NC)c1.I. The Bertz CT molecular complexity index is 858. The van der Waals surface area contributed by atoms with Crippen LogP contribution in [0.1, 0.15) is 16.7 Å². The third-order valence-corrected chi connectivity index (χ3v) is 5.05. The van der Waals surface area contributed by atoms with Crippen molar-refractivity contribution in [2.75, 3.05) is 14.1 Å². The fourth-order valence-corrected chi connectivity index (χ4v) is 3.08. The van der Waals surface area contributed by atoms with Gasteiger partial charge in [0.25, 0.3) is 0 Å². The zero-order chi connectivity index (χ0) is 19.0. The highest BCUT2D eigenvalue weighted by Crippen LogP contribution is 2.08. The van der Waals surface area contributed by atoms with E-state index in [4.69, 9.17) is 0 Å². The third-order valence-electron chi connectivity index (χ3n) is 3.72. The molecule has 27 heavy (non-hydrogen) atoms. The zero-order valence-electron chi connectivity index (χ0n) is 15.2. The average Bonchev–Trinajstić information content (AvgIpc) is 2.63. The average molecular weight is 506 g/mol. The second-order valence-electron chi connectivity index (χ2n) is 5.69. The number of halogens is 2. The van der Waals surface area contributed by atoms with E-state index in [0.29, 0.717) is 24.6 Å². The van der Waals surface area contributed by atoms with Crippen molar-refractivity contribution >= 4 is 40.0 Å². The number of guanidine groups is 1. The maximum absolute atomic E-state index is 12.9. The van der Waals surface area contributed by atoms with Crippen LogP contribution in [-0.2, 0) is 28.9 Å². The summed E-state index contributed by atoms with van der Waals surface area (Å²) in [4.78, 5) is 4.15. The van der Waals surface area contributed by atoms with Crippen LogP contribution in [-0.4, -0.2) is 28.5 Å². The molecule has 2 aromatic rings. The summed E-state index contributed by atoms with van der Waals surface area (Å²) < 4.78 is 38.5. The van der Waals surface area contributed by atoms with Crippen molar-refractivity contribution in [1.82, 2.24) is 15.4 Å². The van der Waals surface area contributed by atoms with E-state index in [9.17, 15) is 12.8 Å². The fraction of sp³-hybridized carbons (Fsp3) is 0.278. The van der Waals surface area contributed by atoms with Crippen molar-refractivity contribution in [3.8, 4) is 0 Å². The molecule has 0 saturated carbocycles. The number of aliphatic imine (C=N–C) groups is 1. The minimum absolute atomic E-state index is 0. The first-order chi connectivity index (χ1) is 12.4. The lowest BCUT2D eigenvalue weighted by atomic mass is 10.1. The maximum atomic E-state index is 12.9. The number of nitrogens with zero attached hydrogens (tertiary/aromatic N) is 1. The lowest BCUT2D eigenvalue weighted by molar-refractivity contribution is 0.587. The van der Waals surface area contributed by atoms with Crippen molar-refractivity contribution in [1.29, 1.82) is 0 Å². The Balaban J connectivity index is 0.00000364. The number of sulfonamides is 1. The van der Waals surface area contributed by atoms with Crippen LogP contribution in [0.15, 0.2) is 53.5 Å². The van der Waals surface area contributed by atoms with Crippen LogP contribution in [0.4, 0.5) is 4.39 Å². The Morgan fingerprint density at radius 3 is 2.19 bits per heavy atom. The molecule has 6 nitrogen and oxygen atoms in total. The van der Waals surface area contributed by atoms with Crippen LogP contribution in [0, 0.1) is 5.82 Å². The normalized spacial score (nSPS) is 11.6. The first-order valence-electron chi connectivity index (χ1n) is 8.10. The van der Waals surface area contributed by atoms with E-state index in [1.807, 2.05) is 18.2 Å². The van der Waals surface area contributed by atoms with Gasteiger partial charge in [0.05, 0.1) is 5.75 Å². The second kappa shape index (κ2) is 11.2. The van der Waals surface area contributed by atoms with Crippen LogP contribution in [0.2, 0.25) is 0 Å². The molecule has 0 aliphatic rings. The van der Waals surface area contributed by atoms with Gasteiger partial charge in [-0.15, -0.1) is 24.0 Å². The molecule has 9 heteroatoms. The highest BCUT2D eigenvalue weighted by Gasteiger charge is 2.09. The molecule has 0 amide bonds. The van der Waals surface area contributed by atoms with E-state index in [-0.39, 0.29) is 35.5 Å². The van der Waals surface area contributed by atoms with E-state index >= 15 is 0 Å². The van der Waals surface area contributed by atoms with Gasteiger partial charge in [0.15, 0.2) is 5.96 Å². The molecule has 2 rings (SSSR count). The first kappa shape index (κ1) is 23.3. The summed E-state index contributed by atoms with van der Waals surface area (Å²) >= 11 is 0. The molecular weight excluding hydrogens is 482 g/mol. The van der Waals surface area contributed by atoms with E-state index in [1.54, 1.807) is 25.2 Å². The zero-order valence-corrected chi connectivity index (χ0v) is 18.3. The predicted molar refractivity (Wildman–Crippen MR) is 117 cm³/mol. The van der Waals surface area contributed by atoms with Crippen LogP contribution in [0.5, 0.6) is 0 Å². The van der Waals surface area contributed by atoms with Crippen LogP contribution in [0.25, 0.3) is 0 Å². The fourth-order valence-electron chi connectivity index (χ4n) is 2.32. The van der Waals surface area contributed by atoms with Gasteiger partial charge in [0, 0.05) is 20.1 Å². The van der Waals surface area contributed by atoms with Crippen LogP contribution < -0.4 is 15.4 Å². The standard InChI is InChI=1S/C18H23FN4O2S.HI/c1-20-18(22-11-14-6-8-17(19)9-7-14)23-12-15-4-3-5-16(10-15)13-26(24,25)21-2;/h3-10,21H,11-13H2,1-2H3,(H2,20,22,23);1H. The third kappa shape index (κ3) is 8.22. The Morgan fingerprint density at radius 1 is 1.00 bits per heavy atom. The van der Waals surface area contributed by atoms with Crippen molar-refractivity contribution in [2.24, 2.45) is 4.99 Å². The van der Waals surface area contributed by atoms with E-state index < -0.39 is 10.0 Å². The van der Waals surface area contributed by atoms with Gasteiger partial charge in [-0.3, -0.25) is 4.99 Å². The lowest BCUT2D eigenvalue weighted by Crippen LogP contribution is -2.36. The molecule has 0 bridgehead atoms. The van der Waals surface area contributed by atoms with Crippen molar-refractivity contribution in [2.45, 2.75) is 18.8 Å². The number of hydrogen-bond donors (Lipinski definition) is 3. The summed E-state index contributed by atoms with van der Waals surface area (Å²) in [5.41, 5.74) is 2.60. The largest absolute Gasteiger partial charge is 0.352 e. The Labute approximate surface area is 176 Å². The van der Waals surface area contributed by atoms with E-state index in [0.717, 1.165) is 11.1 Å². The minimum Gasteiger partial charge on any atom is -0.352 e. The number of hydrogen-bond acceptors (Lipinski definition) is 3. The van der Waals surface area contributed by atoms with Gasteiger partial charge in [-0.1, -0.05) is 36.4 Å². The van der Waals surface area contributed by atoms with Crippen LogP contribution >= 0.6 is 24.0 Å². The molecular formula is C18H24FIN4O2S. The molecule has 0 heterocycles. The number of benzene rings is 2. The predicted octanol–water partition coefficient (Wildman–Crippen LogP) is 2.36. The van der Waals surface area contributed by atoms with Crippen LogP contribution in [0.3, 0.4) is 0 Å². The molecule has 0 aromatic heterocycles. The van der Waals surface area contributed by atoms with Gasteiger partial charge in [-0.05, 0) is 35.9 Å². The minimum atomic E-state index is -3.30. The van der Waals surface area contributed by atoms with E-state index in [2.05, 4.69) is 20.3 Å². The molecule has 148 valence electrons. The second-order valence-corrected chi connectivity index (χ2v) is 7.62. The molecule has 3 N–H and O–H groups in total. The summed E-state index contributed by atoms with van der Waals surface area (Å²) in [7, 11) is -0.238. The molecule has 2 aromatic carbocycles. The highest BCUT2D eigenvalue weighted by molar-refractivity contribution is 14.0. The van der Waals surface area contributed by atoms with Gasteiger partial charge >= 0.3 is 0 Å². The molecule has 0 fully saturated rings. The summed E-state index contributed by atoms with van der Waals surface area (Å²) in [5, 5.41) is 6.32. The van der Waals surface area contributed by atoms with Crippen molar-refractivity contribution < 1.29 is 12.8 Å². The van der Waals surface area contributed by atoms with Crippen molar-refractivity contribution in [3.05, 3.63) is 71.0 Å². The molecule has 0 aliphatic heterocycles. The summed E-state index contributed by atoms with van der Waals surface area (Å²) in [6.07, 6.45) is 0. The molecule has 0 atom stereocenters. The monoisotopic (exact) mass is 506 g/mol. The highest BCUT2D eigenvalue weighted by atomic mass is 127. The quantitative estimate of drug-likeness (QED) is 0.306. The summed E-state index contributed by atoms with van der Waals surface area (Å²) in [6, 6.07) is 13.6. The Morgan fingerprint density at radius 2 is 1.59 bits per heavy atom. The van der Waals surface area contributed by atoms with Gasteiger partial charge in [-0.2, -0.15) is 0 Å². The number of nitrogens with one attached hydrogen (secondary N) is 3. The molecule has 0 spiro atoms.